The van der Waals surface area contributed by atoms with E-state index in [1.165, 1.54) is 5.56 Å². The maximum atomic E-state index is 5.44. The van der Waals surface area contributed by atoms with Gasteiger partial charge in [-0.3, -0.25) is 0 Å². The summed E-state index contributed by atoms with van der Waals surface area (Å²) in [5.41, 5.74) is 6.68. The molecule has 2 atom stereocenters. The third-order valence-corrected chi connectivity index (χ3v) is 1.94. The number of hydrogen-bond acceptors (Lipinski definition) is 2. The van der Waals surface area contributed by atoms with E-state index in [-0.39, 0.29) is 12.2 Å². The van der Waals surface area contributed by atoms with Gasteiger partial charge in [0, 0.05) is 6.54 Å². The van der Waals surface area contributed by atoms with E-state index in [0.29, 0.717) is 6.54 Å². The minimum atomic E-state index is 0.261. The molecule has 0 bridgehead atoms. The maximum Gasteiger partial charge on any atom is 0.110 e. The first kappa shape index (κ1) is 6.83. The fraction of sp³-hybridized carbons (Fsp3) is 0.333. The standard InChI is InChI=1S/C9H11NO/c10-6-8-9(11-8)7-4-2-1-3-5-7/h1-5,8-9H,6,10H2/t8-,9+/m1/s1. The number of epoxide rings is 1. The number of benzene rings is 1. The normalized spacial score (nSPS) is 28.5. The van der Waals surface area contributed by atoms with Crippen molar-refractivity contribution in [3.8, 4) is 0 Å². The van der Waals surface area contributed by atoms with Crippen LogP contribution < -0.4 is 5.73 Å². The predicted molar refractivity (Wildman–Crippen MR) is 43.1 cm³/mol. The van der Waals surface area contributed by atoms with Crippen LogP contribution in [0.3, 0.4) is 0 Å². The van der Waals surface area contributed by atoms with Gasteiger partial charge < -0.3 is 10.5 Å². The molecule has 1 heterocycles. The minimum Gasteiger partial charge on any atom is -0.363 e. The number of rotatable bonds is 2. The van der Waals surface area contributed by atoms with Gasteiger partial charge in [0.05, 0.1) is 0 Å². The van der Waals surface area contributed by atoms with Crippen molar-refractivity contribution in [1.29, 1.82) is 0 Å². The Balaban J connectivity index is 2.09. The van der Waals surface area contributed by atoms with E-state index in [1.54, 1.807) is 0 Å². The van der Waals surface area contributed by atoms with Crippen LogP contribution in [0.1, 0.15) is 11.7 Å². The van der Waals surface area contributed by atoms with Crippen LogP contribution in [0.5, 0.6) is 0 Å². The molecule has 1 aliphatic heterocycles. The van der Waals surface area contributed by atoms with E-state index < -0.39 is 0 Å². The van der Waals surface area contributed by atoms with E-state index in [0.717, 1.165) is 0 Å². The summed E-state index contributed by atoms with van der Waals surface area (Å²) in [5.74, 6) is 0. The Labute approximate surface area is 66.0 Å². The first-order valence-corrected chi connectivity index (χ1v) is 3.82. The molecule has 2 heteroatoms. The molecule has 58 valence electrons. The highest BCUT2D eigenvalue weighted by Crippen LogP contribution is 2.37. The molecule has 11 heavy (non-hydrogen) atoms. The smallest absolute Gasteiger partial charge is 0.110 e. The molecule has 1 aliphatic rings. The highest BCUT2D eigenvalue weighted by atomic mass is 16.6. The van der Waals surface area contributed by atoms with E-state index >= 15 is 0 Å². The second-order valence-corrected chi connectivity index (χ2v) is 2.74. The second kappa shape index (κ2) is 2.64. The number of hydrogen-bond donors (Lipinski definition) is 1. The first-order chi connectivity index (χ1) is 5.42. The predicted octanol–water partition coefficient (Wildman–Crippen LogP) is 1.09. The lowest BCUT2D eigenvalue weighted by molar-refractivity contribution is 0.376. The van der Waals surface area contributed by atoms with Gasteiger partial charge in [-0.05, 0) is 5.56 Å². The third-order valence-electron chi connectivity index (χ3n) is 1.94. The van der Waals surface area contributed by atoms with Crippen LogP contribution >= 0.6 is 0 Å². The van der Waals surface area contributed by atoms with Crippen LogP contribution in [-0.2, 0) is 4.74 Å². The van der Waals surface area contributed by atoms with Crippen molar-refractivity contribution in [2.75, 3.05) is 6.54 Å². The Kier molecular flexibility index (Phi) is 1.64. The van der Waals surface area contributed by atoms with Gasteiger partial charge >= 0.3 is 0 Å². The topological polar surface area (TPSA) is 38.5 Å². The Hall–Kier alpha value is -0.860. The molecule has 0 unspecified atom stereocenters. The molecule has 1 fully saturated rings. The molecule has 1 aromatic rings. The van der Waals surface area contributed by atoms with E-state index in [2.05, 4.69) is 12.1 Å². The zero-order chi connectivity index (χ0) is 7.68. The monoisotopic (exact) mass is 149 g/mol. The lowest BCUT2D eigenvalue weighted by atomic mass is 10.1. The molecule has 0 spiro atoms. The zero-order valence-electron chi connectivity index (χ0n) is 6.23. The van der Waals surface area contributed by atoms with Crippen LogP contribution in [0.15, 0.2) is 30.3 Å². The molecule has 2 rings (SSSR count). The molecule has 0 amide bonds. The van der Waals surface area contributed by atoms with Crippen LogP contribution in [0.4, 0.5) is 0 Å². The van der Waals surface area contributed by atoms with Gasteiger partial charge in [0.25, 0.3) is 0 Å². The summed E-state index contributed by atoms with van der Waals surface area (Å²) in [6.45, 7) is 0.625. The van der Waals surface area contributed by atoms with E-state index in [1.807, 2.05) is 18.2 Å². The van der Waals surface area contributed by atoms with Crippen molar-refractivity contribution in [2.45, 2.75) is 12.2 Å². The quantitative estimate of drug-likeness (QED) is 0.639. The van der Waals surface area contributed by atoms with Gasteiger partial charge in [-0.1, -0.05) is 30.3 Å². The summed E-state index contributed by atoms with van der Waals surface area (Å²) in [7, 11) is 0. The van der Waals surface area contributed by atoms with Gasteiger partial charge in [-0.25, -0.2) is 0 Å². The molecule has 2 N–H and O–H groups in total. The second-order valence-electron chi connectivity index (χ2n) is 2.74. The van der Waals surface area contributed by atoms with Gasteiger partial charge in [0.2, 0.25) is 0 Å². The Morgan fingerprint density at radius 3 is 2.55 bits per heavy atom. The molecule has 0 aromatic heterocycles. The van der Waals surface area contributed by atoms with Gasteiger partial charge in [-0.2, -0.15) is 0 Å². The van der Waals surface area contributed by atoms with Crippen LogP contribution in [0.25, 0.3) is 0 Å². The highest BCUT2D eigenvalue weighted by Gasteiger charge is 2.38. The Bertz CT molecular complexity index is 235. The first-order valence-electron chi connectivity index (χ1n) is 3.82. The summed E-state index contributed by atoms with van der Waals surface area (Å²) in [6.07, 6.45) is 0.526. The van der Waals surface area contributed by atoms with Crippen molar-refractivity contribution < 1.29 is 4.74 Å². The van der Waals surface area contributed by atoms with Crippen molar-refractivity contribution in [3.05, 3.63) is 35.9 Å². The summed E-state index contributed by atoms with van der Waals surface area (Å²) in [6, 6.07) is 10.2. The molecule has 1 saturated heterocycles. The zero-order valence-corrected chi connectivity index (χ0v) is 6.23. The third kappa shape index (κ3) is 1.27. The average molecular weight is 149 g/mol. The van der Waals surface area contributed by atoms with Gasteiger partial charge in [0.1, 0.15) is 12.2 Å². The Morgan fingerprint density at radius 2 is 2.00 bits per heavy atom. The molecular formula is C9H11NO. The molecule has 1 aromatic carbocycles. The van der Waals surface area contributed by atoms with Crippen molar-refractivity contribution in [1.82, 2.24) is 0 Å². The van der Waals surface area contributed by atoms with Crippen LogP contribution in [0.2, 0.25) is 0 Å². The van der Waals surface area contributed by atoms with E-state index in [9.17, 15) is 0 Å². The minimum absolute atomic E-state index is 0.261. The summed E-state index contributed by atoms with van der Waals surface area (Å²) in [4.78, 5) is 0. The van der Waals surface area contributed by atoms with Gasteiger partial charge in [0.15, 0.2) is 0 Å². The fourth-order valence-corrected chi connectivity index (χ4v) is 1.26. The molecule has 2 nitrogen and oxygen atoms in total. The van der Waals surface area contributed by atoms with Crippen LogP contribution in [0, 0.1) is 0 Å². The molecular weight excluding hydrogens is 138 g/mol. The number of ether oxygens (including phenoxy) is 1. The summed E-state index contributed by atoms with van der Waals surface area (Å²) < 4.78 is 5.33. The van der Waals surface area contributed by atoms with E-state index in [4.69, 9.17) is 10.5 Å². The Morgan fingerprint density at radius 1 is 1.27 bits per heavy atom. The highest BCUT2D eigenvalue weighted by molar-refractivity contribution is 5.22. The summed E-state index contributed by atoms with van der Waals surface area (Å²) >= 11 is 0. The molecule has 0 saturated carbocycles. The molecule has 0 radical (unpaired) electrons. The van der Waals surface area contributed by atoms with Crippen molar-refractivity contribution in [3.63, 3.8) is 0 Å². The lowest BCUT2D eigenvalue weighted by Gasteiger charge is -1.91. The van der Waals surface area contributed by atoms with Gasteiger partial charge in [-0.15, -0.1) is 0 Å². The van der Waals surface area contributed by atoms with Crippen LogP contribution in [-0.4, -0.2) is 12.6 Å². The van der Waals surface area contributed by atoms with Crippen molar-refractivity contribution >= 4 is 0 Å². The molecule has 0 aliphatic carbocycles. The maximum absolute atomic E-state index is 5.44. The SMILES string of the molecule is NC[C@H]1O[C@H]1c1ccccc1. The van der Waals surface area contributed by atoms with Crippen molar-refractivity contribution in [2.24, 2.45) is 5.73 Å². The fourth-order valence-electron chi connectivity index (χ4n) is 1.26. The number of nitrogens with two attached hydrogens (primary N) is 1. The lowest BCUT2D eigenvalue weighted by Crippen LogP contribution is -2.06. The summed E-state index contributed by atoms with van der Waals surface area (Å²) in [5, 5.41) is 0. The average Bonchev–Trinajstić information content (AvgIpc) is 2.85. The largest absolute Gasteiger partial charge is 0.363 e.